The van der Waals surface area contributed by atoms with Gasteiger partial charge in [0.1, 0.15) is 47.5 Å². The Morgan fingerprint density at radius 1 is 1.26 bits per heavy atom. The highest BCUT2D eigenvalue weighted by Gasteiger charge is 2.82. The molecule has 2 saturated carbocycles. The van der Waals surface area contributed by atoms with Crippen molar-refractivity contribution in [2.75, 3.05) is 12.3 Å². The first kappa shape index (κ1) is 30.0. The summed E-state index contributed by atoms with van der Waals surface area (Å²) in [5.41, 5.74) is 4.49. The van der Waals surface area contributed by atoms with Crippen molar-refractivity contribution in [1.82, 2.24) is 19.7 Å². The lowest BCUT2D eigenvalue weighted by molar-refractivity contribution is -0.145. The molecule has 3 aromatic rings. The van der Waals surface area contributed by atoms with E-state index in [0.29, 0.717) is 23.7 Å². The van der Waals surface area contributed by atoms with Gasteiger partial charge in [-0.05, 0) is 67.9 Å². The number of aliphatic hydroxyl groups is 2. The van der Waals surface area contributed by atoms with Crippen molar-refractivity contribution < 1.29 is 38.1 Å². The van der Waals surface area contributed by atoms with E-state index >= 15 is 0 Å². The molecule has 3 fully saturated rings. The average molecular weight is 616 g/mol. The fourth-order valence-corrected chi connectivity index (χ4v) is 7.23. The lowest BCUT2D eigenvalue weighted by Crippen LogP contribution is -2.46. The number of nitrogen functional groups attached to an aromatic ring is 1. The molecule has 14 heteroatoms. The molecule has 0 radical (unpaired) electrons. The fourth-order valence-electron chi connectivity index (χ4n) is 5.52. The predicted molar refractivity (Wildman–Crippen MR) is 155 cm³/mol. The molecule has 0 amide bonds. The highest BCUT2D eigenvalue weighted by Crippen LogP contribution is 2.63. The third kappa shape index (κ3) is 5.32. The zero-order chi connectivity index (χ0) is 30.9. The number of nitrogens with one attached hydrogen (secondary N) is 1. The first-order valence-electron chi connectivity index (χ1n) is 14.4. The van der Waals surface area contributed by atoms with Crippen LogP contribution >= 0.6 is 7.75 Å². The van der Waals surface area contributed by atoms with Crippen LogP contribution in [0.15, 0.2) is 42.7 Å². The van der Waals surface area contributed by atoms with Crippen LogP contribution in [0.5, 0.6) is 5.75 Å². The number of benzene rings is 1. The molecule has 3 aliphatic rings. The maximum atomic E-state index is 14.2. The molecule has 7 atom stereocenters. The van der Waals surface area contributed by atoms with Gasteiger partial charge in [0.05, 0.1) is 12.3 Å². The van der Waals surface area contributed by atoms with Gasteiger partial charge in [-0.1, -0.05) is 32.9 Å². The zero-order valence-electron chi connectivity index (χ0n) is 24.8. The predicted octanol–water partition coefficient (Wildman–Crippen LogP) is 2.83. The Hall–Kier alpha value is -3.06. The van der Waals surface area contributed by atoms with Gasteiger partial charge in [-0.15, -0.1) is 0 Å². The van der Waals surface area contributed by atoms with Crippen molar-refractivity contribution in [2.45, 2.75) is 88.4 Å². The average Bonchev–Trinajstić information content (AvgIpc) is 3.78. The van der Waals surface area contributed by atoms with Gasteiger partial charge >= 0.3 is 13.7 Å². The molecular formula is C29H38N5O8P. The molecule has 1 aromatic carbocycles. The molecule has 5 N–H and O–H groups in total. The summed E-state index contributed by atoms with van der Waals surface area (Å²) >= 11 is 0. The van der Waals surface area contributed by atoms with Crippen LogP contribution in [-0.4, -0.2) is 67.3 Å². The number of esters is 1. The summed E-state index contributed by atoms with van der Waals surface area (Å²) in [5, 5.41) is 29.8. The summed E-state index contributed by atoms with van der Waals surface area (Å²) in [6.45, 7) is 9.60. The van der Waals surface area contributed by atoms with Gasteiger partial charge in [0.15, 0.2) is 11.4 Å². The minimum absolute atomic E-state index is 0.116. The van der Waals surface area contributed by atoms with Gasteiger partial charge in [-0.2, -0.15) is 10.2 Å². The van der Waals surface area contributed by atoms with Crippen LogP contribution in [0.2, 0.25) is 0 Å². The Labute approximate surface area is 249 Å². The third-order valence-corrected chi connectivity index (χ3v) is 10.1. The standard InChI is InChI=1S/C29H38N5O8P/c1-16(25(35)39-14-17-6-7-17)33-43(38,41-19-10-8-18(9-11-19)27(2,3)4)42-23-22-29(23,37)26(36)28(5,40-22)21-13-12-20-24(30)31-15-32-34(20)21/h8-13,15-17,22-23,26,36-37H,6-7,14H2,1-5H3,(H,33,38)(H2,30,31,32)/t16-,22+,23?,26-,28-,29-,43?/m0/s1. The number of hydrogen-bond acceptors (Lipinski definition) is 11. The van der Waals surface area contributed by atoms with Crippen LogP contribution in [0.4, 0.5) is 5.82 Å². The van der Waals surface area contributed by atoms with Crippen molar-refractivity contribution >= 4 is 25.1 Å². The number of nitrogens with zero attached hydrogens (tertiary/aromatic N) is 3. The van der Waals surface area contributed by atoms with E-state index in [-0.39, 0.29) is 17.0 Å². The Kier molecular flexibility index (Phi) is 7.15. The number of nitrogens with two attached hydrogens (primary N) is 1. The van der Waals surface area contributed by atoms with Gasteiger partial charge < -0.3 is 29.9 Å². The Bertz CT molecular complexity index is 1590. The summed E-state index contributed by atoms with van der Waals surface area (Å²) in [7, 11) is -4.35. The lowest BCUT2D eigenvalue weighted by atomic mass is 9.87. The molecule has 43 heavy (non-hydrogen) atoms. The van der Waals surface area contributed by atoms with Gasteiger partial charge in [-0.3, -0.25) is 9.32 Å². The van der Waals surface area contributed by atoms with E-state index < -0.39 is 49.3 Å². The van der Waals surface area contributed by atoms with Gasteiger partial charge in [0.2, 0.25) is 0 Å². The minimum Gasteiger partial charge on any atom is -0.464 e. The maximum absolute atomic E-state index is 14.2. The molecule has 2 aliphatic carbocycles. The van der Waals surface area contributed by atoms with Crippen molar-refractivity contribution in [3.8, 4) is 5.75 Å². The first-order chi connectivity index (χ1) is 20.2. The summed E-state index contributed by atoms with van der Waals surface area (Å²) in [5.74, 6) is 0.211. The van der Waals surface area contributed by atoms with E-state index in [1.54, 1.807) is 31.2 Å². The Morgan fingerprint density at radius 2 is 1.95 bits per heavy atom. The van der Waals surface area contributed by atoms with Crippen molar-refractivity contribution in [3.63, 3.8) is 0 Å². The summed E-state index contributed by atoms with van der Waals surface area (Å²) in [6.07, 6.45) is -0.509. The number of ether oxygens (including phenoxy) is 2. The number of aromatic nitrogens is 3. The number of aliphatic hydroxyl groups excluding tert-OH is 1. The molecular weight excluding hydrogens is 577 g/mol. The topological polar surface area (TPSA) is 180 Å². The molecule has 0 bridgehead atoms. The van der Waals surface area contributed by atoms with Crippen LogP contribution < -0.4 is 15.3 Å². The van der Waals surface area contributed by atoms with E-state index in [4.69, 9.17) is 24.3 Å². The molecule has 1 aliphatic heterocycles. The van der Waals surface area contributed by atoms with Gasteiger partial charge in [-0.25, -0.2) is 14.1 Å². The van der Waals surface area contributed by atoms with Crippen molar-refractivity contribution in [3.05, 3.63) is 54.0 Å². The van der Waals surface area contributed by atoms with Crippen LogP contribution in [-0.2, 0) is 34.4 Å². The third-order valence-electron chi connectivity index (χ3n) is 8.46. The van der Waals surface area contributed by atoms with Crippen LogP contribution in [0, 0.1) is 5.92 Å². The smallest absolute Gasteiger partial charge is 0.459 e. The number of carbonyl (C=O) groups is 1. The SMILES string of the molecule is C[C@H](NP(=O)(Oc1ccc(C(C)(C)C)cc1)OC1[C@H]2O[C@@](C)(c3ccc4c(N)ncnn34)[C@H](O)[C@@]12O)C(=O)OCC1CC1. The second kappa shape index (κ2) is 10.3. The summed E-state index contributed by atoms with van der Waals surface area (Å²) in [4.78, 5) is 16.6. The lowest BCUT2D eigenvalue weighted by Gasteiger charge is -2.33. The van der Waals surface area contributed by atoms with Gasteiger partial charge in [0.25, 0.3) is 0 Å². The van der Waals surface area contributed by atoms with E-state index in [1.807, 2.05) is 12.1 Å². The quantitative estimate of drug-likeness (QED) is 0.194. The molecule has 3 heterocycles. The summed E-state index contributed by atoms with van der Waals surface area (Å²) in [6, 6.07) is 9.33. The largest absolute Gasteiger partial charge is 0.464 e. The second-order valence-corrected chi connectivity index (χ2v) is 14.6. The molecule has 2 aromatic heterocycles. The highest BCUT2D eigenvalue weighted by atomic mass is 31.2. The zero-order valence-corrected chi connectivity index (χ0v) is 25.7. The molecule has 232 valence electrons. The Morgan fingerprint density at radius 3 is 2.56 bits per heavy atom. The molecule has 1 saturated heterocycles. The second-order valence-electron chi connectivity index (χ2n) is 12.9. The number of fused-ring (bicyclic) bond motifs is 2. The fraction of sp³-hybridized carbons (Fsp3) is 0.552. The molecule has 0 spiro atoms. The maximum Gasteiger partial charge on any atom is 0.459 e. The molecule has 2 unspecified atom stereocenters. The van der Waals surface area contributed by atoms with Crippen LogP contribution in [0.3, 0.4) is 0 Å². The van der Waals surface area contributed by atoms with Crippen LogP contribution in [0.25, 0.3) is 5.52 Å². The summed E-state index contributed by atoms with van der Waals surface area (Å²) < 4.78 is 39.0. The Balaban J connectivity index is 1.23. The van der Waals surface area contributed by atoms with Crippen molar-refractivity contribution in [2.24, 2.45) is 5.92 Å². The monoisotopic (exact) mass is 615 g/mol. The van der Waals surface area contributed by atoms with E-state index in [1.165, 1.54) is 17.8 Å². The number of anilines is 1. The normalized spacial score (nSPS) is 30.4. The van der Waals surface area contributed by atoms with Gasteiger partial charge in [0, 0.05) is 0 Å². The first-order valence-corrected chi connectivity index (χ1v) is 15.9. The number of hydrogen-bond donors (Lipinski definition) is 4. The van der Waals surface area contributed by atoms with E-state index in [0.717, 1.165) is 18.4 Å². The van der Waals surface area contributed by atoms with Crippen LogP contribution in [0.1, 0.15) is 58.7 Å². The van der Waals surface area contributed by atoms with Crippen molar-refractivity contribution in [1.29, 1.82) is 0 Å². The molecule has 6 rings (SSSR count). The van der Waals surface area contributed by atoms with E-state index in [2.05, 4.69) is 35.9 Å². The highest BCUT2D eigenvalue weighted by molar-refractivity contribution is 7.52. The number of rotatable bonds is 10. The number of carbonyl (C=O) groups excluding carboxylic acids is 1. The molecule has 13 nitrogen and oxygen atoms in total. The minimum atomic E-state index is -4.35. The van der Waals surface area contributed by atoms with E-state index in [9.17, 15) is 19.6 Å².